The minimum atomic E-state index is -0.170. The minimum absolute atomic E-state index is 0.170. The summed E-state index contributed by atoms with van der Waals surface area (Å²) < 4.78 is 0. The zero-order valence-electron chi connectivity index (χ0n) is 43.0. The second kappa shape index (κ2) is 19.4. The molecule has 362 valence electrons. The van der Waals surface area contributed by atoms with Crippen LogP contribution in [0.4, 0.5) is 34.1 Å². The molecule has 0 atom stereocenters. The topological polar surface area (TPSA) is 6.48 Å². The molecule has 0 bridgehead atoms. The number of fused-ring (bicyclic) bond motifs is 4. The van der Waals surface area contributed by atoms with E-state index in [1.165, 1.54) is 83.1 Å². The molecule has 12 aromatic rings. The first-order valence-electron chi connectivity index (χ1n) is 26.4. The number of hydrogen-bond acceptors (Lipinski definition) is 2. The van der Waals surface area contributed by atoms with E-state index in [-0.39, 0.29) is 5.41 Å². The van der Waals surface area contributed by atoms with E-state index in [1.807, 2.05) is 0 Å². The van der Waals surface area contributed by atoms with Crippen LogP contribution in [0.5, 0.6) is 0 Å². The van der Waals surface area contributed by atoms with Gasteiger partial charge in [0.05, 0.1) is 5.69 Å². The highest BCUT2D eigenvalue weighted by atomic mass is 15.1. The van der Waals surface area contributed by atoms with E-state index < -0.39 is 0 Å². The van der Waals surface area contributed by atoms with Crippen LogP contribution < -0.4 is 9.80 Å². The number of rotatable bonds is 11. The lowest BCUT2D eigenvalue weighted by molar-refractivity contribution is 0.660. The van der Waals surface area contributed by atoms with Crippen LogP contribution in [0.1, 0.15) is 30.5 Å². The molecule has 1 aliphatic carbocycles. The lowest BCUT2D eigenvalue weighted by atomic mass is 9.82. The normalized spacial score (nSPS) is 12.2. The zero-order chi connectivity index (χ0) is 51.2. The Morgan fingerprint density at radius 2 is 0.658 bits per heavy atom. The van der Waals surface area contributed by atoms with Gasteiger partial charge in [0.2, 0.25) is 0 Å². The van der Waals surface area contributed by atoms with E-state index in [0.717, 1.165) is 45.3 Å². The van der Waals surface area contributed by atoms with Crippen LogP contribution in [0.25, 0.3) is 77.5 Å². The molecule has 76 heavy (non-hydrogen) atoms. The molecule has 0 spiro atoms. The monoisotopic (exact) mass is 972 g/mol. The van der Waals surface area contributed by atoms with Crippen LogP contribution in [0.3, 0.4) is 0 Å². The van der Waals surface area contributed by atoms with Gasteiger partial charge in [-0.25, -0.2) is 0 Å². The molecule has 0 saturated carbocycles. The molecule has 0 radical (unpaired) electrons. The molecule has 0 fully saturated rings. The zero-order valence-corrected chi connectivity index (χ0v) is 43.0. The van der Waals surface area contributed by atoms with Crippen molar-refractivity contribution in [3.8, 4) is 66.8 Å². The fourth-order valence-corrected chi connectivity index (χ4v) is 11.8. The van der Waals surface area contributed by atoms with Crippen molar-refractivity contribution in [1.29, 1.82) is 0 Å². The van der Waals surface area contributed by atoms with Crippen LogP contribution in [-0.2, 0) is 5.41 Å². The number of para-hydroxylation sites is 2. The summed E-state index contributed by atoms with van der Waals surface area (Å²) >= 11 is 0. The van der Waals surface area contributed by atoms with E-state index in [2.05, 4.69) is 316 Å². The summed E-state index contributed by atoms with van der Waals surface area (Å²) in [5.74, 6) is 0. The highest BCUT2D eigenvalue weighted by Gasteiger charge is 2.37. The van der Waals surface area contributed by atoms with Gasteiger partial charge in [0.15, 0.2) is 0 Å². The van der Waals surface area contributed by atoms with Crippen LogP contribution in [-0.4, -0.2) is 0 Å². The standard InChI is InChI=1S/C74H56N2/c1-51-22-21-35-70-73(51)64-45-44-63(48-71(64)74(70,2)3)76(72-47-58-30-20-19-29-57(58)46-69(72)54-27-13-6-14-28-54)62-42-38-56(39-43-62)68-50-65(52-23-9-4-10-24-52)67(49-66(68)53-25-11-5-12-26-53)55-36-40-61(41-37-55)75(59-31-15-7-16-32-59)60-33-17-8-18-34-60/h4-50H,1-3H3. The van der Waals surface area contributed by atoms with E-state index in [9.17, 15) is 0 Å². The molecule has 2 nitrogen and oxygen atoms in total. The average molecular weight is 973 g/mol. The smallest absolute Gasteiger partial charge is 0.0546 e. The van der Waals surface area contributed by atoms with Gasteiger partial charge in [-0.15, -0.1) is 0 Å². The van der Waals surface area contributed by atoms with Gasteiger partial charge in [0.25, 0.3) is 0 Å². The third kappa shape index (κ3) is 8.35. The van der Waals surface area contributed by atoms with Crippen molar-refractivity contribution in [3.63, 3.8) is 0 Å². The van der Waals surface area contributed by atoms with Crippen LogP contribution in [0, 0.1) is 6.92 Å². The van der Waals surface area contributed by atoms with Gasteiger partial charge in [-0.05, 0) is 181 Å². The fraction of sp³-hybridized carbons (Fsp3) is 0.0541. The van der Waals surface area contributed by atoms with Gasteiger partial charge >= 0.3 is 0 Å². The first-order chi connectivity index (χ1) is 37.4. The van der Waals surface area contributed by atoms with Crippen molar-refractivity contribution in [1.82, 2.24) is 0 Å². The third-order valence-corrected chi connectivity index (χ3v) is 15.6. The predicted octanol–water partition coefficient (Wildman–Crippen LogP) is 20.7. The fourth-order valence-electron chi connectivity index (χ4n) is 11.8. The van der Waals surface area contributed by atoms with Gasteiger partial charge in [-0.1, -0.05) is 214 Å². The van der Waals surface area contributed by atoms with Crippen LogP contribution in [0.15, 0.2) is 285 Å². The Labute approximate surface area is 447 Å². The Morgan fingerprint density at radius 1 is 0.263 bits per heavy atom. The lowest BCUT2D eigenvalue weighted by Gasteiger charge is -2.30. The van der Waals surface area contributed by atoms with Crippen molar-refractivity contribution in [2.45, 2.75) is 26.2 Å². The van der Waals surface area contributed by atoms with Crippen molar-refractivity contribution >= 4 is 44.9 Å². The number of benzene rings is 12. The Kier molecular flexibility index (Phi) is 11.8. The summed E-state index contributed by atoms with van der Waals surface area (Å²) in [6, 6.07) is 104. The van der Waals surface area contributed by atoms with E-state index in [4.69, 9.17) is 0 Å². The van der Waals surface area contributed by atoms with Gasteiger partial charge < -0.3 is 9.80 Å². The number of aryl methyl sites for hydroxylation is 1. The molecule has 13 rings (SSSR count). The van der Waals surface area contributed by atoms with Crippen molar-refractivity contribution in [2.24, 2.45) is 0 Å². The largest absolute Gasteiger partial charge is 0.311 e. The van der Waals surface area contributed by atoms with Gasteiger partial charge in [0.1, 0.15) is 0 Å². The summed E-state index contributed by atoms with van der Waals surface area (Å²) in [5, 5.41) is 2.41. The molecule has 0 aliphatic heterocycles. The molecule has 0 saturated heterocycles. The Hall–Kier alpha value is -9.50. The maximum atomic E-state index is 2.49. The Bertz CT molecular complexity index is 4000. The first-order valence-corrected chi connectivity index (χ1v) is 26.4. The number of anilines is 6. The molecular weight excluding hydrogens is 917 g/mol. The highest BCUT2D eigenvalue weighted by molar-refractivity contribution is 6.00. The number of hydrogen-bond donors (Lipinski definition) is 0. The second-order valence-electron chi connectivity index (χ2n) is 20.5. The van der Waals surface area contributed by atoms with E-state index in [1.54, 1.807) is 0 Å². The van der Waals surface area contributed by atoms with Crippen molar-refractivity contribution < 1.29 is 0 Å². The molecule has 0 amide bonds. The second-order valence-corrected chi connectivity index (χ2v) is 20.5. The molecule has 0 aromatic heterocycles. The Balaban J connectivity index is 0.976. The molecule has 0 unspecified atom stereocenters. The highest BCUT2D eigenvalue weighted by Crippen LogP contribution is 2.53. The molecule has 0 N–H and O–H groups in total. The molecule has 1 aliphatic rings. The molecule has 2 heteroatoms. The van der Waals surface area contributed by atoms with Gasteiger partial charge in [0, 0.05) is 39.4 Å². The van der Waals surface area contributed by atoms with Crippen molar-refractivity contribution in [3.05, 3.63) is 302 Å². The van der Waals surface area contributed by atoms with Crippen LogP contribution >= 0.6 is 0 Å². The summed E-state index contributed by atoms with van der Waals surface area (Å²) in [7, 11) is 0. The average Bonchev–Trinajstić information content (AvgIpc) is 3.72. The Morgan fingerprint density at radius 3 is 1.16 bits per heavy atom. The predicted molar refractivity (Wildman–Crippen MR) is 323 cm³/mol. The first kappa shape index (κ1) is 46.3. The quantitative estimate of drug-likeness (QED) is 0.127. The SMILES string of the molecule is Cc1cccc2c1-c1ccc(N(c3ccc(-c4cc(-c5ccccc5)c(-c5ccc(N(c6ccccc6)c6ccccc6)cc5)cc4-c4ccccc4)cc3)c3cc4ccccc4cc3-c3ccccc3)cc1C2(C)C. The van der Waals surface area contributed by atoms with Crippen molar-refractivity contribution in [2.75, 3.05) is 9.80 Å². The number of nitrogens with zero attached hydrogens (tertiary/aromatic N) is 2. The van der Waals surface area contributed by atoms with Gasteiger partial charge in [-0.3, -0.25) is 0 Å². The van der Waals surface area contributed by atoms with Crippen LogP contribution in [0.2, 0.25) is 0 Å². The third-order valence-electron chi connectivity index (χ3n) is 15.6. The molecular formula is C74H56N2. The lowest BCUT2D eigenvalue weighted by Crippen LogP contribution is -2.17. The minimum Gasteiger partial charge on any atom is -0.311 e. The summed E-state index contributed by atoms with van der Waals surface area (Å²) in [6.07, 6.45) is 0. The maximum absolute atomic E-state index is 2.49. The summed E-state index contributed by atoms with van der Waals surface area (Å²) in [4.78, 5) is 4.81. The van der Waals surface area contributed by atoms with E-state index in [0.29, 0.717) is 0 Å². The van der Waals surface area contributed by atoms with E-state index >= 15 is 0 Å². The maximum Gasteiger partial charge on any atom is 0.0546 e. The molecule has 0 heterocycles. The summed E-state index contributed by atoms with van der Waals surface area (Å²) in [6.45, 7) is 7.01. The molecule has 12 aromatic carbocycles. The van der Waals surface area contributed by atoms with Gasteiger partial charge in [-0.2, -0.15) is 0 Å². The summed E-state index contributed by atoms with van der Waals surface area (Å²) in [5.41, 5.74) is 24.9.